The molecule has 0 aliphatic rings. The molecule has 21 heavy (non-hydrogen) atoms. The number of benzene rings is 1. The van der Waals surface area contributed by atoms with Crippen molar-refractivity contribution in [1.29, 1.82) is 0 Å². The Kier molecular flexibility index (Phi) is 7.86. The molecule has 2 atom stereocenters. The van der Waals surface area contributed by atoms with Crippen LogP contribution in [-0.2, 0) is 6.42 Å². The van der Waals surface area contributed by atoms with Gasteiger partial charge in [-0.05, 0) is 43.4 Å². The predicted molar refractivity (Wildman–Crippen MR) is 87.0 cm³/mol. The molecule has 0 aromatic heterocycles. The minimum absolute atomic E-state index is 0.0446. The van der Waals surface area contributed by atoms with Crippen molar-refractivity contribution in [2.45, 2.75) is 32.7 Å². The van der Waals surface area contributed by atoms with E-state index in [1.807, 2.05) is 19.9 Å². The van der Waals surface area contributed by atoms with Crippen molar-refractivity contribution in [2.24, 2.45) is 5.92 Å². The summed E-state index contributed by atoms with van der Waals surface area (Å²) in [6.45, 7) is 4.58. The van der Waals surface area contributed by atoms with E-state index in [4.69, 9.17) is 28.3 Å². The van der Waals surface area contributed by atoms with E-state index in [1.165, 1.54) is 0 Å². The first-order valence-corrected chi connectivity index (χ1v) is 7.77. The molecule has 0 radical (unpaired) electrons. The zero-order valence-electron chi connectivity index (χ0n) is 12.3. The first-order valence-electron chi connectivity index (χ1n) is 7.01. The highest BCUT2D eigenvalue weighted by Gasteiger charge is 2.11. The predicted octanol–water partition coefficient (Wildman–Crippen LogP) is 3.24. The second-order valence-electron chi connectivity index (χ2n) is 5.31. The number of urea groups is 1. The minimum atomic E-state index is -0.211. The van der Waals surface area contributed by atoms with Gasteiger partial charge < -0.3 is 15.7 Å². The number of rotatable bonds is 7. The van der Waals surface area contributed by atoms with E-state index < -0.39 is 0 Å². The number of aliphatic hydroxyl groups is 1. The van der Waals surface area contributed by atoms with E-state index in [0.717, 1.165) is 5.56 Å². The fourth-order valence-electron chi connectivity index (χ4n) is 1.93. The van der Waals surface area contributed by atoms with E-state index in [1.54, 1.807) is 12.1 Å². The Morgan fingerprint density at radius 1 is 1.33 bits per heavy atom. The summed E-state index contributed by atoms with van der Waals surface area (Å²) < 4.78 is 0. The van der Waals surface area contributed by atoms with Crippen LogP contribution in [0.1, 0.15) is 25.8 Å². The molecule has 0 heterocycles. The number of nitrogens with one attached hydrogen (secondary N) is 2. The second-order valence-corrected chi connectivity index (χ2v) is 6.16. The van der Waals surface area contributed by atoms with Crippen molar-refractivity contribution >= 4 is 29.2 Å². The maximum absolute atomic E-state index is 11.8. The molecule has 1 rings (SSSR count). The fraction of sp³-hybridized carbons (Fsp3) is 0.533. The molecule has 0 aliphatic carbocycles. The molecule has 0 bridgehead atoms. The van der Waals surface area contributed by atoms with Crippen LogP contribution in [0.4, 0.5) is 4.79 Å². The van der Waals surface area contributed by atoms with Gasteiger partial charge in [0.1, 0.15) is 0 Å². The van der Waals surface area contributed by atoms with Crippen LogP contribution in [0, 0.1) is 5.92 Å². The molecule has 0 aliphatic heterocycles. The lowest BCUT2D eigenvalue weighted by Gasteiger charge is -2.17. The summed E-state index contributed by atoms with van der Waals surface area (Å²) >= 11 is 12.0. The van der Waals surface area contributed by atoms with Gasteiger partial charge in [0.2, 0.25) is 0 Å². The highest BCUT2D eigenvalue weighted by molar-refractivity contribution is 6.35. The SMILES string of the molecule is CC(CCO)CNC(=O)NC(C)Cc1ccc(Cl)cc1Cl. The van der Waals surface area contributed by atoms with Gasteiger partial charge in [-0.25, -0.2) is 4.79 Å². The summed E-state index contributed by atoms with van der Waals surface area (Å²) in [5.74, 6) is 0.252. The third-order valence-corrected chi connectivity index (χ3v) is 3.74. The Bertz CT molecular complexity index is 469. The number of amides is 2. The second kappa shape index (κ2) is 9.13. The normalized spacial score (nSPS) is 13.6. The van der Waals surface area contributed by atoms with Crippen molar-refractivity contribution in [3.63, 3.8) is 0 Å². The average Bonchev–Trinajstić information content (AvgIpc) is 2.40. The zero-order valence-corrected chi connectivity index (χ0v) is 13.8. The van der Waals surface area contributed by atoms with Crippen LogP contribution in [0.5, 0.6) is 0 Å². The van der Waals surface area contributed by atoms with E-state index in [2.05, 4.69) is 10.6 Å². The molecule has 3 N–H and O–H groups in total. The topological polar surface area (TPSA) is 61.4 Å². The average molecular weight is 333 g/mol. The van der Waals surface area contributed by atoms with Crippen molar-refractivity contribution in [1.82, 2.24) is 10.6 Å². The largest absolute Gasteiger partial charge is 0.396 e. The Morgan fingerprint density at radius 3 is 2.67 bits per heavy atom. The maximum atomic E-state index is 11.8. The van der Waals surface area contributed by atoms with Crippen molar-refractivity contribution < 1.29 is 9.90 Å². The van der Waals surface area contributed by atoms with Crippen LogP contribution in [-0.4, -0.2) is 30.3 Å². The van der Waals surface area contributed by atoms with E-state index in [9.17, 15) is 4.79 Å². The molecule has 1 aromatic carbocycles. The third-order valence-electron chi connectivity index (χ3n) is 3.15. The lowest BCUT2D eigenvalue weighted by molar-refractivity contribution is 0.231. The van der Waals surface area contributed by atoms with Gasteiger partial charge in [0.25, 0.3) is 0 Å². The summed E-state index contributed by atoms with van der Waals surface area (Å²) in [4.78, 5) is 11.8. The van der Waals surface area contributed by atoms with Crippen molar-refractivity contribution in [3.8, 4) is 0 Å². The number of hydrogen-bond donors (Lipinski definition) is 3. The van der Waals surface area contributed by atoms with Gasteiger partial charge in [-0.2, -0.15) is 0 Å². The highest BCUT2D eigenvalue weighted by Crippen LogP contribution is 2.22. The standard InChI is InChI=1S/C15H22Cl2N2O2/c1-10(5-6-20)9-18-15(21)19-11(2)7-12-3-4-13(16)8-14(12)17/h3-4,8,10-11,20H,5-7,9H2,1-2H3,(H2,18,19,21). The quantitative estimate of drug-likeness (QED) is 0.717. The number of aliphatic hydroxyl groups excluding tert-OH is 1. The van der Waals surface area contributed by atoms with Gasteiger partial charge in [-0.1, -0.05) is 36.2 Å². The summed E-state index contributed by atoms with van der Waals surface area (Å²) in [5, 5.41) is 15.7. The summed E-state index contributed by atoms with van der Waals surface area (Å²) in [7, 11) is 0. The molecule has 0 saturated carbocycles. The Hall–Kier alpha value is -0.970. The van der Waals surface area contributed by atoms with E-state index in [0.29, 0.717) is 29.4 Å². The molecule has 118 valence electrons. The third kappa shape index (κ3) is 7.02. The van der Waals surface area contributed by atoms with Crippen LogP contribution in [0.25, 0.3) is 0 Å². The van der Waals surface area contributed by atoms with Gasteiger partial charge in [0.15, 0.2) is 0 Å². The number of carbonyl (C=O) groups excluding carboxylic acids is 1. The van der Waals surface area contributed by atoms with Crippen LogP contribution in [0.3, 0.4) is 0 Å². The first-order chi connectivity index (χ1) is 9.92. The molecule has 4 nitrogen and oxygen atoms in total. The monoisotopic (exact) mass is 332 g/mol. The van der Waals surface area contributed by atoms with Crippen LogP contribution in [0.15, 0.2) is 18.2 Å². The number of halogens is 2. The van der Waals surface area contributed by atoms with Crippen molar-refractivity contribution in [2.75, 3.05) is 13.2 Å². The summed E-state index contributed by atoms with van der Waals surface area (Å²) in [5.41, 5.74) is 0.947. The minimum Gasteiger partial charge on any atom is -0.396 e. The Balaban J connectivity index is 2.39. The molecular formula is C15H22Cl2N2O2. The van der Waals surface area contributed by atoms with Crippen LogP contribution in [0.2, 0.25) is 10.0 Å². The molecule has 1 aromatic rings. The lowest BCUT2D eigenvalue weighted by Crippen LogP contribution is -2.43. The van der Waals surface area contributed by atoms with Gasteiger partial charge in [-0.3, -0.25) is 0 Å². The molecule has 6 heteroatoms. The van der Waals surface area contributed by atoms with Crippen LogP contribution < -0.4 is 10.6 Å². The summed E-state index contributed by atoms with van der Waals surface area (Å²) in [6.07, 6.45) is 1.31. The molecule has 0 spiro atoms. The summed E-state index contributed by atoms with van der Waals surface area (Å²) in [6, 6.07) is 5.09. The van der Waals surface area contributed by atoms with Gasteiger partial charge in [-0.15, -0.1) is 0 Å². The number of carbonyl (C=O) groups is 1. The van der Waals surface area contributed by atoms with Crippen LogP contribution >= 0.6 is 23.2 Å². The molecule has 0 fully saturated rings. The molecule has 0 saturated heterocycles. The smallest absolute Gasteiger partial charge is 0.315 e. The lowest BCUT2D eigenvalue weighted by atomic mass is 10.1. The molecule has 2 amide bonds. The highest BCUT2D eigenvalue weighted by atomic mass is 35.5. The van der Waals surface area contributed by atoms with Gasteiger partial charge in [0.05, 0.1) is 0 Å². The Labute approximate surface area is 135 Å². The van der Waals surface area contributed by atoms with Crippen molar-refractivity contribution in [3.05, 3.63) is 33.8 Å². The first kappa shape index (κ1) is 18.1. The zero-order chi connectivity index (χ0) is 15.8. The molecular weight excluding hydrogens is 311 g/mol. The van der Waals surface area contributed by atoms with E-state index >= 15 is 0 Å². The number of hydrogen-bond acceptors (Lipinski definition) is 2. The van der Waals surface area contributed by atoms with Gasteiger partial charge in [0, 0.05) is 29.2 Å². The van der Waals surface area contributed by atoms with E-state index in [-0.39, 0.29) is 24.6 Å². The fourth-order valence-corrected chi connectivity index (χ4v) is 2.42. The van der Waals surface area contributed by atoms with Gasteiger partial charge >= 0.3 is 6.03 Å². The maximum Gasteiger partial charge on any atom is 0.315 e. The Morgan fingerprint density at radius 2 is 2.05 bits per heavy atom. The molecule has 2 unspecified atom stereocenters.